The lowest BCUT2D eigenvalue weighted by molar-refractivity contribution is 0.0950. The van der Waals surface area contributed by atoms with Crippen LogP contribution < -0.4 is 5.32 Å². The van der Waals surface area contributed by atoms with Crippen LogP contribution in [0.4, 0.5) is 4.79 Å². The lowest BCUT2D eigenvalue weighted by Crippen LogP contribution is -2.27. The first-order valence-electron chi connectivity index (χ1n) is 10.5. The predicted octanol–water partition coefficient (Wildman–Crippen LogP) is 4.84. The van der Waals surface area contributed by atoms with Crippen molar-refractivity contribution >= 4 is 22.8 Å². The Morgan fingerprint density at radius 3 is 2.88 bits per heavy atom. The van der Waals surface area contributed by atoms with Crippen LogP contribution in [0.5, 0.6) is 0 Å². The van der Waals surface area contributed by atoms with Crippen LogP contribution in [0.15, 0.2) is 65.6 Å². The zero-order valence-corrected chi connectivity index (χ0v) is 18.0. The number of aryl methyl sites for hydroxylation is 1. The Balaban J connectivity index is 1.43. The summed E-state index contributed by atoms with van der Waals surface area (Å²) in [6, 6.07) is 9.31. The number of imidazole rings is 1. The average molecular weight is 445 g/mol. The van der Waals surface area contributed by atoms with E-state index in [1.54, 1.807) is 6.20 Å². The fraction of sp³-hybridized carbons (Fsp3) is 0.208. The number of hydrogen-bond donors (Lipinski definition) is 3. The van der Waals surface area contributed by atoms with E-state index in [-0.39, 0.29) is 18.1 Å². The van der Waals surface area contributed by atoms with Crippen molar-refractivity contribution in [1.82, 2.24) is 25.3 Å². The largest absolute Gasteiger partial charge is 0.465 e. The number of allylic oxidation sites excluding steroid dienone is 1. The molecule has 0 bridgehead atoms. The van der Waals surface area contributed by atoms with Crippen LogP contribution in [-0.2, 0) is 0 Å². The third kappa shape index (κ3) is 5.51. The standard InChI is InChI=1S/C24H23N5O4/c1-15-7-8-16-13-17(9-10-18(16)27-15)20-14-26-22(28-20)19(29-24(31)32)5-3-2-4-6-21(30)23-25-11-12-33-23/h2-3,7-14,19,29H,4-6H2,1H3,(H,26,28)(H,31,32)/b3-2+. The molecule has 3 N–H and O–H groups in total. The Labute approximate surface area is 189 Å². The second kappa shape index (κ2) is 9.90. The third-order valence-electron chi connectivity index (χ3n) is 5.10. The van der Waals surface area contributed by atoms with Gasteiger partial charge in [-0.3, -0.25) is 9.78 Å². The molecule has 9 nitrogen and oxygen atoms in total. The Bertz CT molecular complexity index is 1290. The summed E-state index contributed by atoms with van der Waals surface area (Å²) in [6.45, 7) is 1.95. The molecule has 9 heteroatoms. The Hall–Kier alpha value is -4.27. The fourth-order valence-electron chi connectivity index (χ4n) is 3.47. The predicted molar refractivity (Wildman–Crippen MR) is 122 cm³/mol. The summed E-state index contributed by atoms with van der Waals surface area (Å²) < 4.78 is 4.98. The zero-order chi connectivity index (χ0) is 23.2. The molecule has 4 rings (SSSR count). The highest BCUT2D eigenvalue weighted by molar-refractivity contribution is 5.91. The smallest absolute Gasteiger partial charge is 0.405 e. The second-order valence-electron chi connectivity index (χ2n) is 7.54. The summed E-state index contributed by atoms with van der Waals surface area (Å²) in [5, 5.41) is 12.7. The normalized spacial score (nSPS) is 12.3. The van der Waals surface area contributed by atoms with E-state index >= 15 is 0 Å². The van der Waals surface area contributed by atoms with Gasteiger partial charge in [-0.15, -0.1) is 0 Å². The lowest BCUT2D eigenvalue weighted by Gasteiger charge is -2.12. The van der Waals surface area contributed by atoms with E-state index in [0.29, 0.717) is 24.4 Å². The van der Waals surface area contributed by atoms with Gasteiger partial charge in [-0.1, -0.05) is 24.3 Å². The molecule has 0 saturated carbocycles. The number of nitrogens with zero attached hydrogens (tertiary/aromatic N) is 3. The molecule has 0 aliphatic carbocycles. The molecule has 0 aliphatic rings. The fourth-order valence-corrected chi connectivity index (χ4v) is 3.47. The Morgan fingerprint density at radius 1 is 1.21 bits per heavy atom. The van der Waals surface area contributed by atoms with Crippen molar-refractivity contribution in [3.63, 3.8) is 0 Å². The number of carbonyl (C=O) groups is 2. The van der Waals surface area contributed by atoms with Crippen molar-refractivity contribution in [2.24, 2.45) is 0 Å². The van der Waals surface area contributed by atoms with E-state index in [9.17, 15) is 14.7 Å². The molecule has 1 aromatic carbocycles. The molecule has 3 heterocycles. The minimum atomic E-state index is -1.14. The van der Waals surface area contributed by atoms with Gasteiger partial charge in [0.2, 0.25) is 5.78 Å². The second-order valence-corrected chi connectivity index (χ2v) is 7.54. The van der Waals surface area contributed by atoms with Crippen LogP contribution in [0.3, 0.4) is 0 Å². The molecular formula is C24H23N5O4. The van der Waals surface area contributed by atoms with E-state index in [4.69, 9.17) is 4.42 Å². The molecule has 33 heavy (non-hydrogen) atoms. The summed E-state index contributed by atoms with van der Waals surface area (Å²) in [5.41, 5.74) is 3.48. The maximum atomic E-state index is 11.9. The highest BCUT2D eigenvalue weighted by atomic mass is 16.4. The van der Waals surface area contributed by atoms with E-state index < -0.39 is 12.1 Å². The van der Waals surface area contributed by atoms with Gasteiger partial charge >= 0.3 is 6.09 Å². The molecule has 168 valence electrons. The van der Waals surface area contributed by atoms with E-state index in [1.807, 2.05) is 49.4 Å². The number of amides is 1. The maximum absolute atomic E-state index is 11.9. The molecule has 1 atom stereocenters. The Kier molecular flexibility index (Phi) is 6.58. The third-order valence-corrected chi connectivity index (χ3v) is 5.10. The highest BCUT2D eigenvalue weighted by Gasteiger charge is 2.17. The number of hydrogen-bond acceptors (Lipinski definition) is 6. The summed E-state index contributed by atoms with van der Waals surface area (Å²) in [6.07, 6.45) is 8.20. The first-order valence-corrected chi connectivity index (χ1v) is 10.5. The van der Waals surface area contributed by atoms with E-state index in [1.165, 1.54) is 12.5 Å². The number of carbonyl (C=O) groups excluding carboxylic acids is 1. The number of ketones is 1. The van der Waals surface area contributed by atoms with Crippen molar-refractivity contribution in [3.8, 4) is 11.3 Å². The quantitative estimate of drug-likeness (QED) is 0.248. The van der Waals surface area contributed by atoms with E-state index in [0.717, 1.165) is 22.2 Å². The van der Waals surface area contributed by atoms with Crippen LogP contribution in [0.1, 0.15) is 47.5 Å². The summed E-state index contributed by atoms with van der Waals surface area (Å²) in [7, 11) is 0. The van der Waals surface area contributed by atoms with Gasteiger partial charge in [0, 0.05) is 29.3 Å². The van der Waals surface area contributed by atoms with Gasteiger partial charge < -0.3 is 19.8 Å². The SMILES string of the molecule is Cc1ccc2cc(-c3c[nH]c(C(C/C=C/CCC(=O)c4ncco4)NC(=O)O)n3)ccc2n1. The van der Waals surface area contributed by atoms with Gasteiger partial charge in [0.05, 0.1) is 23.4 Å². The number of carboxylic acid groups (broad SMARTS) is 1. The summed E-state index contributed by atoms with van der Waals surface area (Å²) in [5.74, 6) is 0.424. The van der Waals surface area contributed by atoms with Crippen molar-refractivity contribution in [2.75, 3.05) is 0 Å². The molecule has 0 saturated heterocycles. The number of benzene rings is 1. The number of oxazole rings is 1. The average Bonchev–Trinajstić information content (AvgIpc) is 3.50. The number of aromatic nitrogens is 4. The summed E-state index contributed by atoms with van der Waals surface area (Å²) >= 11 is 0. The molecule has 0 aliphatic heterocycles. The topological polar surface area (TPSA) is 134 Å². The monoisotopic (exact) mass is 445 g/mol. The van der Waals surface area contributed by atoms with Crippen molar-refractivity contribution < 1.29 is 19.1 Å². The van der Waals surface area contributed by atoms with Gasteiger partial charge in [0.1, 0.15) is 12.1 Å². The van der Waals surface area contributed by atoms with Crippen LogP contribution >= 0.6 is 0 Å². The van der Waals surface area contributed by atoms with Crippen LogP contribution in [-0.4, -0.2) is 36.9 Å². The zero-order valence-electron chi connectivity index (χ0n) is 18.0. The molecule has 1 amide bonds. The van der Waals surface area contributed by atoms with Crippen LogP contribution in [0.25, 0.3) is 22.2 Å². The molecular weight excluding hydrogens is 422 g/mol. The molecule has 0 radical (unpaired) electrons. The van der Waals surface area contributed by atoms with Gasteiger partial charge in [0.15, 0.2) is 0 Å². The molecule has 0 spiro atoms. The molecule has 4 aromatic rings. The van der Waals surface area contributed by atoms with Gasteiger partial charge in [-0.25, -0.2) is 14.8 Å². The van der Waals surface area contributed by atoms with Crippen LogP contribution in [0.2, 0.25) is 0 Å². The number of pyridine rings is 1. The first kappa shape index (κ1) is 21.9. The number of rotatable bonds is 9. The first-order chi connectivity index (χ1) is 16.0. The number of aromatic amines is 1. The van der Waals surface area contributed by atoms with Crippen molar-refractivity contribution in [2.45, 2.75) is 32.2 Å². The highest BCUT2D eigenvalue weighted by Crippen LogP contribution is 2.25. The van der Waals surface area contributed by atoms with Crippen molar-refractivity contribution in [3.05, 3.63) is 78.5 Å². The number of Topliss-reactive ketones (excluding diaryl/α,β-unsaturated/α-hetero) is 1. The Morgan fingerprint density at radius 2 is 2.09 bits per heavy atom. The lowest BCUT2D eigenvalue weighted by atomic mass is 10.1. The van der Waals surface area contributed by atoms with Gasteiger partial charge in [-0.05, 0) is 38.0 Å². The van der Waals surface area contributed by atoms with Gasteiger partial charge in [0.25, 0.3) is 5.89 Å². The number of fused-ring (bicyclic) bond motifs is 1. The minimum Gasteiger partial charge on any atom is -0.465 e. The maximum Gasteiger partial charge on any atom is 0.405 e. The van der Waals surface area contributed by atoms with Crippen molar-refractivity contribution in [1.29, 1.82) is 0 Å². The molecule has 1 unspecified atom stereocenters. The number of H-pyrrole nitrogens is 1. The number of nitrogens with one attached hydrogen (secondary N) is 2. The van der Waals surface area contributed by atoms with Gasteiger partial charge in [-0.2, -0.15) is 0 Å². The van der Waals surface area contributed by atoms with Crippen LogP contribution in [0, 0.1) is 6.92 Å². The summed E-state index contributed by atoms with van der Waals surface area (Å²) in [4.78, 5) is 39.2. The molecule has 0 fully saturated rings. The minimum absolute atomic E-state index is 0.0940. The molecule has 3 aromatic heterocycles. The van der Waals surface area contributed by atoms with E-state index in [2.05, 4.69) is 25.3 Å².